The molecule has 17 heavy (non-hydrogen) atoms. The number of amides is 1. The summed E-state index contributed by atoms with van der Waals surface area (Å²) in [6, 6.07) is 7.93. The molecule has 0 radical (unpaired) electrons. The lowest BCUT2D eigenvalue weighted by atomic mass is 10.0. The van der Waals surface area contributed by atoms with Crippen molar-refractivity contribution in [3.05, 3.63) is 35.4 Å². The van der Waals surface area contributed by atoms with Gasteiger partial charge in [0.25, 0.3) is 0 Å². The number of carbonyl (C=O) groups is 1. The highest BCUT2D eigenvalue weighted by Gasteiger charge is 2.37. The molecule has 1 aliphatic heterocycles. The Hall–Kier alpha value is -2.10. The van der Waals surface area contributed by atoms with E-state index in [1.54, 1.807) is 24.3 Å². The van der Waals surface area contributed by atoms with Crippen LogP contribution in [0.15, 0.2) is 24.3 Å². The fraction of sp³-hybridized carbons (Fsp3) is 0.273. The summed E-state index contributed by atoms with van der Waals surface area (Å²) in [6.07, 6.45) is -2.19. The number of nitrogens with zero attached hydrogens (tertiary/aromatic N) is 2. The number of carboxylic acid groups (broad SMARTS) is 1. The molecule has 1 fully saturated rings. The molecule has 0 aromatic heterocycles. The van der Waals surface area contributed by atoms with Gasteiger partial charge in [0.15, 0.2) is 6.29 Å². The van der Waals surface area contributed by atoms with Gasteiger partial charge in [-0.05, 0) is 17.7 Å². The SMILES string of the molecule is N#Cc1ccc([C@@H]2CC(O)ON2C(=O)O)cc1. The molecule has 6 nitrogen and oxygen atoms in total. The van der Waals surface area contributed by atoms with E-state index in [0.29, 0.717) is 11.1 Å². The molecule has 1 aromatic rings. The zero-order valence-corrected chi connectivity index (χ0v) is 8.78. The number of hydrogen-bond acceptors (Lipinski definition) is 4. The van der Waals surface area contributed by atoms with E-state index >= 15 is 0 Å². The van der Waals surface area contributed by atoms with E-state index < -0.39 is 18.4 Å². The Kier molecular flexibility index (Phi) is 2.95. The van der Waals surface area contributed by atoms with Gasteiger partial charge in [-0.1, -0.05) is 12.1 Å². The number of hydroxylamine groups is 2. The average Bonchev–Trinajstić information content (AvgIpc) is 2.72. The quantitative estimate of drug-likeness (QED) is 0.762. The van der Waals surface area contributed by atoms with Gasteiger partial charge in [0, 0.05) is 6.42 Å². The van der Waals surface area contributed by atoms with E-state index in [0.717, 1.165) is 5.06 Å². The first-order valence-corrected chi connectivity index (χ1v) is 4.99. The van der Waals surface area contributed by atoms with Gasteiger partial charge in [-0.2, -0.15) is 10.3 Å². The Bertz CT molecular complexity index is 465. The highest BCUT2D eigenvalue weighted by atomic mass is 16.8. The Morgan fingerprint density at radius 1 is 1.47 bits per heavy atom. The van der Waals surface area contributed by atoms with Crippen molar-refractivity contribution in [2.75, 3.05) is 0 Å². The Labute approximate surface area is 97.2 Å². The fourth-order valence-electron chi connectivity index (χ4n) is 1.76. The Balaban J connectivity index is 2.26. The van der Waals surface area contributed by atoms with E-state index in [1.807, 2.05) is 6.07 Å². The lowest BCUT2D eigenvalue weighted by Crippen LogP contribution is -2.28. The molecule has 1 aromatic carbocycles. The monoisotopic (exact) mass is 234 g/mol. The topological polar surface area (TPSA) is 93.8 Å². The predicted molar refractivity (Wildman–Crippen MR) is 55.5 cm³/mol. The molecule has 0 aliphatic carbocycles. The lowest BCUT2D eigenvalue weighted by Gasteiger charge is -2.18. The molecule has 0 bridgehead atoms. The molecular formula is C11H10N2O4. The fourth-order valence-corrected chi connectivity index (χ4v) is 1.76. The second-order valence-electron chi connectivity index (χ2n) is 3.65. The van der Waals surface area contributed by atoms with Gasteiger partial charge >= 0.3 is 6.09 Å². The van der Waals surface area contributed by atoms with Gasteiger partial charge in [-0.3, -0.25) is 0 Å². The number of nitriles is 1. The largest absolute Gasteiger partial charge is 0.463 e. The first-order valence-electron chi connectivity index (χ1n) is 4.99. The number of rotatable bonds is 1. The highest BCUT2D eigenvalue weighted by molar-refractivity contribution is 5.64. The molecule has 0 saturated carbocycles. The van der Waals surface area contributed by atoms with Crippen molar-refractivity contribution in [1.82, 2.24) is 5.06 Å². The van der Waals surface area contributed by atoms with Crippen molar-refractivity contribution < 1.29 is 19.8 Å². The first-order chi connectivity index (χ1) is 8.11. The maximum atomic E-state index is 10.9. The van der Waals surface area contributed by atoms with Crippen LogP contribution < -0.4 is 0 Å². The summed E-state index contributed by atoms with van der Waals surface area (Å²) in [5, 5.41) is 27.6. The van der Waals surface area contributed by atoms with Gasteiger partial charge in [0.05, 0.1) is 17.7 Å². The molecule has 2 N–H and O–H groups in total. The molecule has 1 saturated heterocycles. The second-order valence-corrected chi connectivity index (χ2v) is 3.65. The predicted octanol–water partition coefficient (Wildman–Crippen LogP) is 1.23. The minimum atomic E-state index is -1.25. The summed E-state index contributed by atoms with van der Waals surface area (Å²) >= 11 is 0. The summed E-state index contributed by atoms with van der Waals surface area (Å²) in [6.45, 7) is 0. The molecule has 1 amide bonds. The summed E-state index contributed by atoms with van der Waals surface area (Å²) in [7, 11) is 0. The molecule has 2 atom stereocenters. The van der Waals surface area contributed by atoms with Crippen molar-refractivity contribution >= 4 is 6.09 Å². The van der Waals surface area contributed by atoms with Crippen LogP contribution >= 0.6 is 0 Å². The van der Waals surface area contributed by atoms with Crippen LogP contribution in [-0.4, -0.2) is 27.7 Å². The van der Waals surface area contributed by atoms with Crippen LogP contribution in [0.3, 0.4) is 0 Å². The maximum absolute atomic E-state index is 10.9. The maximum Gasteiger partial charge on any atom is 0.432 e. The average molecular weight is 234 g/mol. The third kappa shape index (κ3) is 2.20. The zero-order chi connectivity index (χ0) is 12.4. The number of benzene rings is 1. The molecule has 1 aliphatic rings. The molecule has 1 unspecified atom stereocenters. The third-order valence-corrected chi connectivity index (χ3v) is 2.56. The standard InChI is InChI=1S/C11H10N2O4/c12-6-7-1-3-8(4-2-7)9-5-10(14)17-13(9)11(15)16/h1-4,9-10,14H,5H2,(H,15,16)/t9-,10?/m0/s1. The third-order valence-electron chi connectivity index (χ3n) is 2.56. The van der Waals surface area contributed by atoms with E-state index in [4.69, 9.17) is 15.2 Å². The molecule has 2 rings (SSSR count). The van der Waals surface area contributed by atoms with Crippen LogP contribution in [0.5, 0.6) is 0 Å². The van der Waals surface area contributed by atoms with Gasteiger partial charge in [0.2, 0.25) is 0 Å². The van der Waals surface area contributed by atoms with Gasteiger partial charge in [-0.25, -0.2) is 9.63 Å². The van der Waals surface area contributed by atoms with Crippen LogP contribution in [-0.2, 0) is 4.84 Å². The van der Waals surface area contributed by atoms with Crippen LogP contribution in [0.1, 0.15) is 23.6 Å². The molecular weight excluding hydrogens is 224 g/mol. The zero-order valence-electron chi connectivity index (χ0n) is 8.78. The summed E-state index contributed by atoms with van der Waals surface area (Å²) in [5.74, 6) is 0. The van der Waals surface area contributed by atoms with Crippen LogP contribution in [0, 0.1) is 11.3 Å². The van der Waals surface area contributed by atoms with E-state index in [1.165, 1.54) is 0 Å². The normalized spacial score (nSPS) is 23.4. The Morgan fingerprint density at radius 3 is 2.65 bits per heavy atom. The van der Waals surface area contributed by atoms with Crippen molar-refractivity contribution in [2.45, 2.75) is 18.8 Å². The van der Waals surface area contributed by atoms with E-state index in [9.17, 15) is 9.90 Å². The summed E-state index contributed by atoms with van der Waals surface area (Å²) in [5.41, 5.74) is 1.18. The summed E-state index contributed by atoms with van der Waals surface area (Å²) in [4.78, 5) is 15.7. The van der Waals surface area contributed by atoms with Gasteiger partial charge in [0.1, 0.15) is 0 Å². The minimum absolute atomic E-state index is 0.179. The van der Waals surface area contributed by atoms with Gasteiger partial charge in [-0.15, -0.1) is 0 Å². The Morgan fingerprint density at radius 2 is 2.12 bits per heavy atom. The van der Waals surface area contributed by atoms with Crippen LogP contribution in [0.4, 0.5) is 4.79 Å². The number of aliphatic hydroxyl groups is 1. The molecule has 6 heteroatoms. The summed E-state index contributed by atoms with van der Waals surface area (Å²) < 4.78 is 0. The highest BCUT2D eigenvalue weighted by Crippen LogP contribution is 2.33. The lowest BCUT2D eigenvalue weighted by molar-refractivity contribution is -0.199. The van der Waals surface area contributed by atoms with E-state index in [2.05, 4.69) is 0 Å². The molecule has 88 valence electrons. The minimum Gasteiger partial charge on any atom is -0.463 e. The smallest absolute Gasteiger partial charge is 0.432 e. The van der Waals surface area contributed by atoms with Crippen molar-refractivity contribution in [1.29, 1.82) is 5.26 Å². The molecule has 1 heterocycles. The second kappa shape index (κ2) is 4.41. The van der Waals surface area contributed by atoms with Crippen molar-refractivity contribution in [2.24, 2.45) is 0 Å². The van der Waals surface area contributed by atoms with Gasteiger partial charge < -0.3 is 10.2 Å². The van der Waals surface area contributed by atoms with Crippen molar-refractivity contribution in [3.63, 3.8) is 0 Å². The van der Waals surface area contributed by atoms with E-state index in [-0.39, 0.29) is 6.42 Å². The van der Waals surface area contributed by atoms with Crippen molar-refractivity contribution in [3.8, 4) is 6.07 Å². The molecule has 0 spiro atoms. The van der Waals surface area contributed by atoms with Crippen LogP contribution in [0.2, 0.25) is 0 Å². The first kappa shape index (κ1) is 11.4. The number of hydrogen-bond donors (Lipinski definition) is 2. The number of aliphatic hydroxyl groups excluding tert-OH is 1. The van der Waals surface area contributed by atoms with Crippen LogP contribution in [0.25, 0.3) is 0 Å².